The van der Waals surface area contributed by atoms with E-state index in [1.807, 2.05) is 0 Å². The summed E-state index contributed by atoms with van der Waals surface area (Å²) in [6.07, 6.45) is -2.55. The van der Waals surface area contributed by atoms with Crippen LogP contribution in [0.3, 0.4) is 0 Å². The fourth-order valence-corrected chi connectivity index (χ4v) is 6.95. The summed E-state index contributed by atoms with van der Waals surface area (Å²) in [5.74, 6) is -1.68. The van der Waals surface area contributed by atoms with E-state index in [0.717, 1.165) is 34.1 Å². The van der Waals surface area contributed by atoms with Crippen LogP contribution in [0, 0.1) is 0 Å². The number of carbonyl (C=O) groups is 4. The molecule has 0 saturated carbocycles. The Bertz CT molecular complexity index is 2630. The number of imide groups is 2. The first-order valence-electron chi connectivity index (χ1n) is 18.7. The monoisotopic (exact) mass is 850 g/mol. The predicted molar refractivity (Wildman–Crippen MR) is 211 cm³/mol. The predicted octanol–water partition coefficient (Wildman–Crippen LogP) is 8.47. The highest BCUT2D eigenvalue weighted by Gasteiger charge is 2.36. The average molecular weight is 851 g/mol. The standard InChI is InChI=1S/C23H17F3N2O3.C23H15F3N2O3/c2*24-23(25,26)16-7-5-15(6-8-16)20(29)19-13-27-11-9-14(19)10-12-28-21(30)17-3-1-2-4-18(17)22(28)31/h1-9,11,13,20,29H,10,12H2;1-13,20,29H/b;12-10+. The number of halogens is 6. The Morgan fingerprint density at radius 2 is 0.968 bits per heavy atom. The van der Waals surface area contributed by atoms with Gasteiger partial charge >= 0.3 is 12.4 Å². The molecule has 2 aliphatic heterocycles. The van der Waals surface area contributed by atoms with Crippen molar-refractivity contribution < 1.29 is 55.7 Å². The number of carbonyl (C=O) groups excluding carboxylic acids is 4. The molecule has 10 nitrogen and oxygen atoms in total. The van der Waals surface area contributed by atoms with Crippen LogP contribution in [0.5, 0.6) is 0 Å². The minimum absolute atomic E-state index is 0.100. The second-order valence-electron chi connectivity index (χ2n) is 14.0. The van der Waals surface area contributed by atoms with Crippen molar-refractivity contribution in [2.75, 3.05) is 6.54 Å². The van der Waals surface area contributed by atoms with E-state index in [2.05, 4.69) is 9.97 Å². The zero-order valence-corrected chi connectivity index (χ0v) is 32.0. The molecule has 2 atom stereocenters. The molecule has 2 aromatic heterocycles. The number of hydrogen-bond donors (Lipinski definition) is 2. The maximum atomic E-state index is 12.8. The highest BCUT2D eigenvalue weighted by atomic mass is 19.4. The molecular weight excluding hydrogens is 819 g/mol. The number of hydrogen-bond acceptors (Lipinski definition) is 8. The van der Waals surface area contributed by atoms with Gasteiger partial charge in [-0.2, -0.15) is 26.3 Å². The highest BCUT2D eigenvalue weighted by molar-refractivity contribution is 6.22. The van der Waals surface area contributed by atoms with Crippen LogP contribution in [-0.2, 0) is 18.8 Å². The first-order chi connectivity index (χ1) is 29.5. The Morgan fingerprint density at radius 3 is 1.44 bits per heavy atom. The molecule has 0 aliphatic carbocycles. The molecule has 0 radical (unpaired) electrons. The smallest absolute Gasteiger partial charge is 0.384 e. The maximum Gasteiger partial charge on any atom is 0.416 e. The van der Waals surface area contributed by atoms with Crippen LogP contribution in [0.1, 0.15) is 98.1 Å². The zero-order chi connectivity index (χ0) is 44.3. The number of amides is 4. The third kappa shape index (κ3) is 8.77. The lowest BCUT2D eigenvalue weighted by Gasteiger charge is -2.18. The first-order valence-corrected chi connectivity index (χ1v) is 18.7. The maximum absolute atomic E-state index is 12.8. The lowest BCUT2D eigenvalue weighted by Crippen LogP contribution is -2.32. The van der Waals surface area contributed by atoms with E-state index in [-0.39, 0.29) is 35.9 Å². The number of benzene rings is 4. The van der Waals surface area contributed by atoms with Gasteiger partial charge in [-0.15, -0.1) is 0 Å². The van der Waals surface area contributed by atoms with Gasteiger partial charge in [-0.05, 0) is 95.4 Å². The van der Waals surface area contributed by atoms with Gasteiger partial charge in [0.05, 0.1) is 33.4 Å². The van der Waals surface area contributed by atoms with Crippen LogP contribution in [-0.4, -0.2) is 60.2 Å². The molecular formula is C46H32F6N4O6. The summed E-state index contributed by atoms with van der Waals surface area (Å²) in [6.45, 7) is 0.100. The molecule has 0 fully saturated rings. The fourth-order valence-electron chi connectivity index (χ4n) is 6.95. The Kier molecular flexibility index (Phi) is 12.0. The number of aromatic nitrogens is 2. The number of pyridine rings is 2. The summed E-state index contributed by atoms with van der Waals surface area (Å²) in [6, 6.07) is 24.7. The van der Waals surface area contributed by atoms with Crippen LogP contribution in [0.25, 0.3) is 6.08 Å². The van der Waals surface area contributed by atoms with Crippen molar-refractivity contribution in [3.8, 4) is 0 Å². The lowest BCUT2D eigenvalue weighted by molar-refractivity contribution is -0.138. The molecule has 0 spiro atoms. The lowest BCUT2D eigenvalue weighted by atomic mass is 9.96. The summed E-state index contributed by atoms with van der Waals surface area (Å²) >= 11 is 0. The van der Waals surface area contributed by atoms with E-state index in [0.29, 0.717) is 44.5 Å². The van der Waals surface area contributed by atoms with Gasteiger partial charge in [-0.1, -0.05) is 48.5 Å². The van der Waals surface area contributed by atoms with Gasteiger partial charge in [0.1, 0.15) is 12.2 Å². The second-order valence-corrected chi connectivity index (χ2v) is 14.0. The molecule has 2 aliphatic rings. The number of aliphatic hydroxyl groups is 2. The molecule has 6 aromatic rings. The number of aliphatic hydroxyl groups excluding tert-OH is 2. The van der Waals surface area contributed by atoms with Crippen molar-refractivity contribution in [1.29, 1.82) is 0 Å². The third-order valence-electron chi connectivity index (χ3n) is 10.2. The van der Waals surface area contributed by atoms with Crippen LogP contribution in [0.4, 0.5) is 26.3 Å². The molecule has 4 aromatic carbocycles. The largest absolute Gasteiger partial charge is 0.416 e. The number of alkyl halides is 6. The van der Waals surface area contributed by atoms with E-state index < -0.39 is 47.5 Å². The van der Waals surface area contributed by atoms with Gasteiger partial charge in [0.25, 0.3) is 23.6 Å². The van der Waals surface area contributed by atoms with Crippen molar-refractivity contribution in [3.63, 3.8) is 0 Å². The minimum atomic E-state index is -4.47. The zero-order valence-electron chi connectivity index (χ0n) is 32.0. The third-order valence-corrected chi connectivity index (χ3v) is 10.2. The topological polar surface area (TPSA) is 141 Å². The normalized spacial score (nSPS) is 14.8. The number of rotatable bonds is 9. The molecule has 62 heavy (non-hydrogen) atoms. The van der Waals surface area contributed by atoms with Crippen molar-refractivity contribution in [2.45, 2.75) is 31.0 Å². The Morgan fingerprint density at radius 1 is 0.548 bits per heavy atom. The molecule has 0 bridgehead atoms. The number of fused-ring (bicyclic) bond motifs is 2. The SMILES string of the molecule is O=C1c2ccccc2C(=O)N1/C=C/c1ccncc1C(O)c1ccc(C(F)(F)F)cc1.O=C1c2ccccc2C(=O)N1CCc1ccncc1C(O)c1ccc(C(F)(F)F)cc1. The minimum Gasteiger partial charge on any atom is -0.384 e. The molecule has 314 valence electrons. The van der Waals surface area contributed by atoms with E-state index in [1.165, 1.54) is 61.3 Å². The van der Waals surface area contributed by atoms with Gasteiger partial charge in [0.2, 0.25) is 0 Å². The van der Waals surface area contributed by atoms with Crippen molar-refractivity contribution >= 4 is 29.7 Å². The van der Waals surface area contributed by atoms with Crippen molar-refractivity contribution in [1.82, 2.24) is 19.8 Å². The Labute approximate surface area is 349 Å². The van der Waals surface area contributed by atoms with Gasteiger partial charge in [0, 0.05) is 48.7 Å². The fraction of sp³-hybridized carbons (Fsp3) is 0.130. The van der Waals surface area contributed by atoms with Crippen LogP contribution in [0.2, 0.25) is 0 Å². The van der Waals surface area contributed by atoms with E-state index in [9.17, 15) is 55.7 Å². The molecule has 2 unspecified atom stereocenters. The molecule has 16 heteroatoms. The van der Waals surface area contributed by atoms with E-state index in [4.69, 9.17) is 0 Å². The summed E-state index contributed by atoms with van der Waals surface area (Å²) in [5.41, 5.74) is 2.03. The van der Waals surface area contributed by atoms with Crippen LogP contribution < -0.4 is 0 Å². The molecule has 8 rings (SSSR count). The van der Waals surface area contributed by atoms with Crippen molar-refractivity contribution in [3.05, 3.63) is 207 Å². The summed E-state index contributed by atoms with van der Waals surface area (Å²) in [5, 5.41) is 21.4. The second kappa shape index (κ2) is 17.4. The molecule has 4 amide bonds. The first kappa shape index (κ1) is 42.8. The van der Waals surface area contributed by atoms with Crippen molar-refractivity contribution in [2.24, 2.45) is 0 Å². The van der Waals surface area contributed by atoms with Crippen LogP contribution >= 0.6 is 0 Å². The van der Waals surface area contributed by atoms with Crippen LogP contribution in [0.15, 0.2) is 140 Å². The summed E-state index contributed by atoms with van der Waals surface area (Å²) in [7, 11) is 0. The quantitative estimate of drug-likeness (QED) is 0.109. The van der Waals surface area contributed by atoms with E-state index >= 15 is 0 Å². The van der Waals surface area contributed by atoms with Gasteiger partial charge in [0.15, 0.2) is 0 Å². The molecule has 2 N–H and O–H groups in total. The summed E-state index contributed by atoms with van der Waals surface area (Å²) in [4.78, 5) is 60.1. The molecule has 4 heterocycles. The van der Waals surface area contributed by atoms with Gasteiger partial charge < -0.3 is 10.2 Å². The van der Waals surface area contributed by atoms with E-state index in [1.54, 1.807) is 60.7 Å². The van der Waals surface area contributed by atoms with Gasteiger partial charge in [-0.3, -0.25) is 34.0 Å². The Balaban J connectivity index is 0.000000186. The molecule has 0 saturated heterocycles. The Hall–Kier alpha value is -7.30. The van der Waals surface area contributed by atoms with Gasteiger partial charge in [-0.25, -0.2) is 4.90 Å². The highest BCUT2D eigenvalue weighted by Crippen LogP contribution is 2.34. The number of nitrogens with zero attached hydrogens (tertiary/aromatic N) is 4. The summed E-state index contributed by atoms with van der Waals surface area (Å²) < 4.78 is 76.7. The average Bonchev–Trinajstić information content (AvgIpc) is 3.67.